The molecule has 0 N–H and O–H groups in total. The van der Waals surface area contributed by atoms with Gasteiger partial charge in [-0.1, -0.05) is 44.2 Å². The third-order valence-corrected chi connectivity index (χ3v) is 4.92. The van der Waals surface area contributed by atoms with Gasteiger partial charge < -0.3 is 0 Å². The van der Waals surface area contributed by atoms with Crippen LogP contribution < -0.4 is 0 Å². The minimum Gasteiger partial charge on any atom is -0.123 e. The van der Waals surface area contributed by atoms with Crippen LogP contribution in [0.15, 0.2) is 46.9 Å². The van der Waals surface area contributed by atoms with Gasteiger partial charge in [-0.15, -0.1) is 11.8 Å². The first-order valence-electron chi connectivity index (χ1n) is 7.82. The van der Waals surface area contributed by atoms with Crippen molar-refractivity contribution in [2.75, 3.05) is 0 Å². The quantitative estimate of drug-likeness (QED) is 0.615. The molecule has 0 radical (unpaired) electrons. The summed E-state index contributed by atoms with van der Waals surface area (Å²) in [6.45, 7) is 11.1. The van der Waals surface area contributed by atoms with E-state index in [1.165, 1.54) is 32.7 Å². The Morgan fingerprint density at radius 1 is 1.10 bits per heavy atom. The fourth-order valence-corrected chi connectivity index (χ4v) is 4.00. The Morgan fingerprint density at radius 3 is 2.33 bits per heavy atom. The summed E-state index contributed by atoms with van der Waals surface area (Å²) >= 11 is 1.99. The van der Waals surface area contributed by atoms with Crippen molar-refractivity contribution in [2.45, 2.75) is 52.7 Å². The molecular weight excluding hydrogens is 272 g/mol. The van der Waals surface area contributed by atoms with Gasteiger partial charge in [-0.2, -0.15) is 0 Å². The molecule has 21 heavy (non-hydrogen) atoms. The first kappa shape index (κ1) is 16.2. The second kappa shape index (κ2) is 7.17. The minimum absolute atomic E-state index is 0.619. The maximum absolute atomic E-state index is 2.43. The summed E-state index contributed by atoms with van der Waals surface area (Å²) in [5.74, 6) is 0. The average molecular weight is 298 g/mol. The van der Waals surface area contributed by atoms with Crippen LogP contribution in [0.3, 0.4) is 0 Å². The number of hydrogen-bond donors (Lipinski definition) is 0. The summed E-state index contributed by atoms with van der Waals surface area (Å²) in [6, 6.07) is 6.61. The molecule has 2 rings (SSSR count). The van der Waals surface area contributed by atoms with E-state index in [4.69, 9.17) is 0 Å². The molecule has 1 aliphatic rings. The number of thioether (sulfide) groups is 1. The van der Waals surface area contributed by atoms with Crippen molar-refractivity contribution in [3.63, 3.8) is 0 Å². The molecule has 0 unspecified atom stereocenters. The molecule has 0 aromatic heterocycles. The van der Waals surface area contributed by atoms with Gasteiger partial charge in [0, 0.05) is 10.2 Å². The van der Waals surface area contributed by atoms with Gasteiger partial charge in [0.05, 0.1) is 0 Å². The van der Waals surface area contributed by atoms with E-state index < -0.39 is 0 Å². The van der Waals surface area contributed by atoms with E-state index in [1.807, 2.05) is 11.8 Å². The van der Waals surface area contributed by atoms with Gasteiger partial charge in [0.15, 0.2) is 0 Å². The molecule has 0 amide bonds. The molecule has 1 heteroatoms. The molecule has 0 spiro atoms. The predicted molar refractivity (Wildman–Crippen MR) is 97.7 cm³/mol. The lowest BCUT2D eigenvalue weighted by Gasteiger charge is -2.22. The Morgan fingerprint density at radius 2 is 1.76 bits per heavy atom. The number of allylic oxidation sites excluding steroid dienone is 5. The zero-order valence-corrected chi connectivity index (χ0v) is 14.7. The maximum Gasteiger partial charge on any atom is 0.0110 e. The van der Waals surface area contributed by atoms with Crippen molar-refractivity contribution in [3.05, 3.63) is 63.6 Å². The smallest absolute Gasteiger partial charge is 0.0110 e. The van der Waals surface area contributed by atoms with Crippen LogP contribution in [0.1, 0.15) is 50.3 Å². The topological polar surface area (TPSA) is 0 Å². The first-order chi connectivity index (χ1) is 10.0. The second-order valence-electron chi connectivity index (χ2n) is 5.99. The van der Waals surface area contributed by atoms with Gasteiger partial charge in [0.1, 0.15) is 0 Å². The normalized spacial score (nSPS) is 16.0. The molecule has 0 fully saturated rings. The number of benzene rings is 1. The van der Waals surface area contributed by atoms with E-state index >= 15 is 0 Å². The fourth-order valence-electron chi connectivity index (χ4n) is 2.96. The monoisotopic (exact) mass is 298 g/mol. The van der Waals surface area contributed by atoms with Crippen molar-refractivity contribution >= 4 is 17.3 Å². The lowest BCUT2D eigenvalue weighted by molar-refractivity contribution is 0.995. The van der Waals surface area contributed by atoms with E-state index in [2.05, 4.69) is 71.0 Å². The Hall–Kier alpha value is -1.21. The first-order valence-corrected chi connectivity index (χ1v) is 8.70. The van der Waals surface area contributed by atoms with Gasteiger partial charge >= 0.3 is 0 Å². The van der Waals surface area contributed by atoms with Crippen LogP contribution >= 0.6 is 11.8 Å². The Bertz CT molecular complexity index is 580. The van der Waals surface area contributed by atoms with Crippen molar-refractivity contribution in [3.8, 4) is 0 Å². The minimum atomic E-state index is 0.619. The molecule has 0 heterocycles. The van der Waals surface area contributed by atoms with Gasteiger partial charge in [0.25, 0.3) is 0 Å². The third kappa shape index (κ3) is 3.91. The molecular formula is C20H26S. The number of aryl methyl sites for hydroxylation is 2. The Labute approximate surface area is 134 Å². The van der Waals surface area contributed by atoms with Gasteiger partial charge in [-0.05, 0) is 67.5 Å². The zero-order chi connectivity index (χ0) is 15.4. The Kier molecular flexibility index (Phi) is 5.52. The van der Waals surface area contributed by atoms with E-state index in [9.17, 15) is 0 Å². The van der Waals surface area contributed by atoms with E-state index in [0.29, 0.717) is 5.25 Å². The highest BCUT2D eigenvalue weighted by molar-refractivity contribution is 8.03. The number of rotatable bonds is 4. The lowest BCUT2D eigenvalue weighted by Crippen LogP contribution is -2.01. The Balaban J connectivity index is 2.47. The maximum atomic E-state index is 2.43. The molecule has 1 aliphatic carbocycles. The molecule has 0 atom stereocenters. The van der Waals surface area contributed by atoms with Gasteiger partial charge in [0.2, 0.25) is 0 Å². The second-order valence-corrected chi connectivity index (χ2v) is 7.61. The van der Waals surface area contributed by atoms with Crippen molar-refractivity contribution in [2.24, 2.45) is 0 Å². The summed E-state index contributed by atoms with van der Waals surface area (Å²) in [5, 5.41) is 0.619. The summed E-state index contributed by atoms with van der Waals surface area (Å²) in [4.78, 5) is 1.45. The van der Waals surface area contributed by atoms with Crippen LogP contribution in [0, 0.1) is 13.8 Å². The highest BCUT2D eigenvalue weighted by Crippen LogP contribution is 2.39. The van der Waals surface area contributed by atoms with Crippen LogP contribution in [0.25, 0.3) is 5.57 Å². The van der Waals surface area contributed by atoms with Crippen molar-refractivity contribution in [1.82, 2.24) is 0 Å². The summed E-state index contributed by atoms with van der Waals surface area (Å²) in [5.41, 5.74) is 7.24. The molecule has 0 saturated heterocycles. The third-order valence-electron chi connectivity index (χ3n) is 3.82. The van der Waals surface area contributed by atoms with E-state index in [-0.39, 0.29) is 0 Å². The van der Waals surface area contributed by atoms with Crippen LogP contribution in [0.4, 0.5) is 0 Å². The van der Waals surface area contributed by atoms with E-state index in [0.717, 1.165) is 12.8 Å². The molecule has 0 saturated carbocycles. The van der Waals surface area contributed by atoms with Crippen LogP contribution in [-0.4, -0.2) is 5.25 Å². The standard InChI is InChI=1S/C20H26S/c1-6-8-17-11-12-18(13-19(17)21-14(2)3)20-15(4)9-7-10-16(20)5/h6-10,13-14H,11-12H2,1-5H3/b8-6+. The zero-order valence-electron chi connectivity index (χ0n) is 13.9. The largest absolute Gasteiger partial charge is 0.123 e. The number of hydrogen-bond acceptors (Lipinski definition) is 1. The van der Waals surface area contributed by atoms with Crippen molar-refractivity contribution in [1.29, 1.82) is 0 Å². The molecule has 1 aromatic rings. The lowest BCUT2D eigenvalue weighted by atomic mass is 9.88. The van der Waals surface area contributed by atoms with Gasteiger partial charge in [-0.3, -0.25) is 0 Å². The van der Waals surface area contributed by atoms with Crippen LogP contribution in [0.5, 0.6) is 0 Å². The molecule has 0 aliphatic heterocycles. The summed E-state index contributed by atoms with van der Waals surface area (Å²) in [6.07, 6.45) is 9.17. The van der Waals surface area contributed by atoms with Crippen molar-refractivity contribution < 1.29 is 0 Å². The molecule has 112 valence electrons. The SMILES string of the molecule is C/C=C/C1=C(SC(C)C)C=C(c2c(C)cccc2C)CC1. The molecule has 0 bridgehead atoms. The van der Waals surface area contributed by atoms with E-state index in [1.54, 1.807) is 0 Å². The predicted octanol–water partition coefficient (Wildman–Crippen LogP) is 6.45. The average Bonchev–Trinajstić information content (AvgIpc) is 2.41. The molecule has 0 nitrogen and oxygen atoms in total. The van der Waals surface area contributed by atoms with Crippen LogP contribution in [0.2, 0.25) is 0 Å². The summed E-state index contributed by atoms with van der Waals surface area (Å²) in [7, 11) is 0. The highest BCUT2D eigenvalue weighted by Gasteiger charge is 2.16. The summed E-state index contributed by atoms with van der Waals surface area (Å²) < 4.78 is 0. The van der Waals surface area contributed by atoms with Crippen LogP contribution in [-0.2, 0) is 0 Å². The molecule has 1 aromatic carbocycles. The highest BCUT2D eigenvalue weighted by atomic mass is 32.2. The fraction of sp³-hybridized carbons (Fsp3) is 0.400. The van der Waals surface area contributed by atoms with Gasteiger partial charge in [-0.25, -0.2) is 0 Å².